The third-order valence-electron chi connectivity index (χ3n) is 2.12. The highest BCUT2D eigenvalue weighted by Gasteiger charge is 2.27. The topological polar surface area (TPSA) is 69.2 Å². The molecule has 1 unspecified atom stereocenters. The van der Waals surface area contributed by atoms with Crippen molar-refractivity contribution in [3.8, 4) is 0 Å². The summed E-state index contributed by atoms with van der Waals surface area (Å²) in [4.78, 5) is 12.9. The van der Waals surface area contributed by atoms with Gasteiger partial charge in [0.25, 0.3) is 0 Å². The smallest absolute Gasteiger partial charge is 0.225 e. The molecule has 2 heterocycles. The van der Waals surface area contributed by atoms with Crippen LogP contribution in [0.3, 0.4) is 0 Å². The molecule has 1 fully saturated rings. The summed E-state index contributed by atoms with van der Waals surface area (Å²) in [5.74, 6) is 0.00806. The Morgan fingerprint density at radius 1 is 1.77 bits per heavy atom. The van der Waals surface area contributed by atoms with Crippen molar-refractivity contribution in [3.63, 3.8) is 0 Å². The van der Waals surface area contributed by atoms with Crippen molar-refractivity contribution in [1.29, 1.82) is 0 Å². The van der Waals surface area contributed by atoms with Crippen molar-refractivity contribution in [3.05, 3.63) is 18.0 Å². The Labute approximate surface area is 75.4 Å². The first-order chi connectivity index (χ1) is 6.25. The molecule has 1 aromatic rings. The van der Waals surface area contributed by atoms with E-state index >= 15 is 0 Å². The summed E-state index contributed by atoms with van der Waals surface area (Å²) in [6, 6.07) is 0. The minimum Gasteiger partial charge on any atom is -0.391 e. The lowest BCUT2D eigenvalue weighted by molar-refractivity contribution is -0.128. The maximum absolute atomic E-state index is 11.2. The van der Waals surface area contributed by atoms with Crippen LogP contribution in [0.5, 0.6) is 0 Å². The van der Waals surface area contributed by atoms with E-state index in [9.17, 15) is 9.90 Å². The molecule has 1 aromatic heterocycles. The fourth-order valence-corrected chi connectivity index (χ4v) is 1.49. The number of amides is 1. The number of hydrogen-bond acceptors (Lipinski definition) is 3. The zero-order valence-corrected chi connectivity index (χ0v) is 7.10. The molecule has 1 saturated heterocycles. The number of likely N-dealkylation sites (tertiary alicyclic amines) is 1. The minimum absolute atomic E-state index is 0.00806. The molecule has 0 radical (unpaired) electrons. The number of nitrogens with one attached hydrogen (secondary N) is 1. The Bertz CT molecular complexity index is 296. The predicted molar refractivity (Wildman–Crippen MR) is 44.6 cm³/mol. The standard InChI is InChI=1S/C8H11N3O2/c12-7-1-8(13)11(5-7)4-6-2-9-10-3-6/h2-3,7,12H,1,4-5H2,(H,9,10). The van der Waals surface area contributed by atoms with Gasteiger partial charge in [-0.25, -0.2) is 0 Å². The number of H-pyrrole nitrogens is 1. The highest BCUT2D eigenvalue weighted by Crippen LogP contribution is 2.13. The van der Waals surface area contributed by atoms with E-state index in [0.29, 0.717) is 13.1 Å². The molecule has 1 aliphatic heterocycles. The van der Waals surface area contributed by atoms with Gasteiger partial charge >= 0.3 is 0 Å². The number of hydrogen-bond donors (Lipinski definition) is 2. The second-order valence-corrected chi connectivity index (χ2v) is 3.24. The number of aromatic amines is 1. The number of aliphatic hydroxyl groups is 1. The number of rotatable bonds is 2. The second-order valence-electron chi connectivity index (χ2n) is 3.24. The lowest BCUT2D eigenvalue weighted by atomic mass is 10.3. The van der Waals surface area contributed by atoms with E-state index in [1.54, 1.807) is 17.3 Å². The van der Waals surface area contributed by atoms with E-state index < -0.39 is 6.10 Å². The molecule has 2 N–H and O–H groups in total. The Kier molecular flexibility index (Phi) is 2.02. The molecule has 70 valence electrons. The zero-order chi connectivity index (χ0) is 9.26. The monoisotopic (exact) mass is 181 g/mol. The summed E-state index contributed by atoms with van der Waals surface area (Å²) in [5.41, 5.74) is 0.961. The van der Waals surface area contributed by atoms with Crippen LogP contribution in [0.15, 0.2) is 12.4 Å². The van der Waals surface area contributed by atoms with Crippen molar-refractivity contribution in [1.82, 2.24) is 15.1 Å². The van der Waals surface area contributed by atoms with Gasteiger partial charge in [0.2, 0.25) is 5.91 Å². The number of β-amino-alcohol motifs (C(OH)–C–C–N with tert-alkyl or cyclic N) is 1. The fraction of sp³-hybridized carbons (Fsp3) is 0.500. The first kappa shape index (κ1) is 8.25. The molecule has 0 aromatic carbocycles. The van der Waals surface area contributed by atoms with Gasteiger partial charge in [0.15, 0.2) is 0 Å². The van der Waals surface area contributed by atoms with E-state index in [2.05, 4.69) is 10.2 Å². The van der Waals surface area contributed by atoms with Crippen LogP contribution in [0.4, 0.5) is 0 Å². The second kappa shape index (κ2) is 3.18. The SMILES string of the molecule is O=C1CC(O)CN1Cc1cn[nH]c1. The van der Waals surface area contributed by atoms with Crippen molar-refractivity contribution in [2.75, 3.05) is 6.54 Å². The van der Waals surface area contributed by atoms with E-state index in [0.717, 1.165) is 5.56 Å². The van der Waals surface area contributed by atoms with Crippen molar-refractivity contribution >= 4 is 5.91 Å². The molecule has 13 heavy (non-hydrogen) atoms. The molecule has 0 spiro atoms. The van der Waals surface area contributed by atoms with Gasteiger partial charge in [-0.15, -0.1) is 0 Å². The van der Waals surface area contributed by atoms with Crippen LogP contribution >= 0.6 is 0 Å². The van der Waals surface area contributed by atoms with Crippen LogP contribution in [0.2, 0.25) is 0 Å². The van der Waals surface area contributed by atoms with E-state index in [1.165, 1.54) is 0 Å². The predicted octanol–water partition coefficient (Wildman–Crippen LogP) is -0.497. The molecule has 5 nitrogen and oxygen atoms in total. The zero-order valence-electron chi connectivity index (χ0n) is 7.10. The first-order valence-corrected chi connectivity index (χ1v) is 4.19. The first-order valence-electron chi connectivity index (χ1n) is 4.19. The lowest BCUT2D eigenvalue weighted by Crippen LogP contribution is -2.24. The maximum Gasteiger partial charge on any atom is 0.225 e. The third kappa shape index (κ3) is 1.70. The molecule has 0 aliphatic carbocycles. The van der Waals surface area contributed by atoms with Crippen LogP contribution in [0, 0.1) is 0 Å². The van der Waals surface area contributed by atoms with Crippen LogP contribution < -0.4 is 0 Å². The Balaban J connectivity index is 1.99. The number of carbonyl (C=O) groups excluding carboxylic acids is 1. The molecule has 1 amide bonds. The summed E-state index contributed by atoms with van der Waals surface area (Å²) < 4.78 is 0. The summed E-state index contributed by atoms with van der Waals surface area (Å²) in [6.45, 7) is 0.969. The van der Waals surface area contributed by atoms with Gasteiger partial charge in [-0.1, -0.05) is 0 Å². The van der Waals surface area contributed by atoms with Gasteiger partial charge < -0.3 is 10.0 Å². The number of aromatic nitrogens is 2. The van der Waals surface area contributed by atoms with Crippen molar-refractivity contribution in [2.45, 2.75) is 19.1 Å². The fourth-order valence-electron chi connectivity index (χ4n) is 1.49. The van der Waals surface area contributed by atoms with Crippen LogP contribution in [0.25, 0.3) is 0 Å². The molecular formula is C8H11N3O2. The van der Waals surface area contributed by atoms with Crippen LogP contribution in [0.1, 0.15) is 12.0 Å². The van der Waals surface area contributed by atoms with Gasteiger partial charge in [-0.3, -0.25) is 9.89 Å². The molecule has 1 aliphatic rings. The number of nitrogens with zero attached hydrogens (tertiary/aromatic N) is 2. The summed E-state index contributed by atoms with van der Waals surface area (Å²) in [5, 5.41) is 15.7. The van der Waals surface area contributed by atoms with E-state index in [4.69, 9.17) is 0 Å². The Morgan fingerprint density at radius 3 is 3.15 bits per heavy atom. The summed E-state index contributed by atoms with van der Waals surface area (Å²) in [7, 11) is 0. The summed E-state index contributed by atoms with van der Waals surface area (Å²) >= 11 is 0. The highest BCUT2D eigenvalue weighted by molar-refractivity contribution is 5.78. The molecular weight excluding hydrogens is 170 g/mol. The lowest BCUT2D eigenvalue weighted by Gasteiger charge is -2.13. The maximum atomic E-state index is 11.2. The average molecular weight is 181 g/mol. The van der Waals surface area contributed by atoms with Gasteiger partial charge in [0, 0.05) is 24.8 Å². The van der Waals surface area contributed by atoms with Gasteiger partial charge in [0.1, 0.15) is 0 Å². The Morgan fingerprint density at radius 2 is 2.62 bits per heavy atom. The van der Waals surface area contributed by atoms with Gasteiger partial charge in [-0.05, 0) is 0 Å². The largest absolute Gasteiger partial charge is 0.391 e. The van der Waals surface area contributed by atoms with Gasteiger partial charge in [0.05, 0.1) is 18.7 Å². The van der Waals surface area contributed by atoms with Crippen molar-refractivity contribution < 1.29 is 9.90 Å². The Hall–Kier alpha value is -1.36. The van der Waals surface area contributed by atoms with Crippen LogP contribution in [-0.4, -0.2) is 38.8 Å². The number of carbonyl (C=O) groups is 1. The van der Waals surface area contributed by atoms with Crippen molar-refractivity contribution in [2.24, 2.45) is 0 Å². The highest BCUT2D eigenvalue weighted by atomic mass is 16.3. The van der Waals surface area contributed by atoms with Gasteiger partial charge in [-0.2, -0.15) is 5.10 Å². The van der Waals surface area contributed by atoms with E-state index in [-0.39, 0.29) is 12.3 Å². The third-order valence-corrected chi connectivity index (χ3v) is 2.12. The van der Waals surface area contributed by atoms with Crippen LogP contribution in [-0.2, 0) is 11.3 Å². The molecule has 1 atom stereocenters. The summed E-state index contributed by atoms with van der Waals surface area (Å²) in [6.07, 6.45) is 3.17. The normalized spacial score (nSPS) is 22.7. The molecule has 0 bridgehead atoms. The number of aliphatic hydroxyl groups excluding tert-OH is 1. The quantitative estimate of drug-likeness (QED) is 0.646. The average Bonchev–Trinajstić information content (AvgIpc) is 2.63. The molecule has 5 heteroatoms. The molecule has 0 saturated carbocycles. The minimum atomic E-state index is -0.501. The van der Waals surface area contributed by atoms with E-state index in [1.807, 2.05) is 0 Å². The molecule has 2 rings (SSSR count).